The number of carboxylic acid groups (broad SMARTS) is 1. The van der Waals surface area contributed by atoms with Crippen molar-refractivity contribution in [3.05, 3.63) is 0 Å². The van der Waals surface area contributed by atoms with Gasteiger partial charge in [0.25, 0.3) is 0 Å². The topological polar surface area (TPSA) is 40.5 Å². The molecular weight excluding hydrogens is 284 g/mol. The third-order valence-corrected chi connectivity index (χ3v) is 0.451. The fourth-order valence-electron chi connectivity index (χ4n) is 0.271. The third kappa shape index (κ3) is 17.7. The van der Waals surface area contributed by atoms with Gasteiger partial charge in [-0.15, -0.1) is 0 Å². The second kappa shape index (κ2) is 8.68. The van der Waals surface area contributed by atoms with Crippen LogP contribution < -0.4 is 0 Å². The van der Waals surface area contributed by atoms with Crippen LogP contribution in [0.5, 0.6) is 0 Å². The zero-order valence-corrected chi connectivity index (χ0v) is 8.29. The second-order valence-electron chi connectivity index (χ2n) is 1.63. The van der Waals surface area contributed by atoms with Gasteiger partial charge in [-0.2, -0.15) is 0 Å². The van der Waals surface area contributed by atoms with E-state index >= 15 is 0 Å². The molecule has 0 atom stereocenters. The van der Waals surface area contributed by atoms with Crippen molar-refractivity contribution in [2.45, 2.75) is 0 Å². The molecule has 0 rings (SSSR count). The molecule has 0 aliphatic carbocycles. The summed E-state index contributed by atoms with van der Waals surface area (Å²) < 4.78 is 0. The molecule has 0 radical (unpaired) electrons. The number of carbonyl (C=O) groups is 1. The monoisotopic (exact) mass is 293 g/mol. The minimum atomic E-state index is -0.787. The first-order chi connectivity index (χ1) is 4.13. The van der Waals surface area contributed by atoms with Gasteiger partial charge in [-0.1, -0.05) is 0 Å². The van der Waals surface area contributed by atoms with Gasteiger partial charge in [0.05, 0.1) is 6.54 Å². The molecule has 60 valence electrons. The molecule has 0 saturated heterocycles. The number of hydrogen-bond donors (Lipinski definition) is 1. The standard InChI is InChI=1S/C4H9NO2.Cu.HI/c1-5(2)3-4(6)7;;/h3H2,1-2H3,(H,6,7);;1H/q;+1;/p-1. The van der Waals surface area contributed by atoms with Crippen LogP contribution in [0.3, 0.4) is 0 Å². The third-order valence-electron chi connectivity index (χ3n) is 0.451. The van der Waals surface area contributed by atoms with Crippen molar-refractivity contribution in [3.8, 4) is 0 Å². The number of likely N-dealkylation sites (N-methyl/N-ethyl adjacent to an activating group) is 1. The molecule has 5 heteroatoms. The maximum atomic E-state index is 9.77. The van der Waals surface area contributed by atoms with Gasteiger partial charge in [-0.3, -0.25) is 9.69 Å². The molecule has 0 heterocycles. The Bertz CT molecular complexity index is 79.0. The normalized spacial score (nSPS) is 8.22. The summed E-state index contributed by atoms with van der Waals surface area (Å²) in [6, 6.07) is 0. The molecule has 0 aromatic carbocycles. The molecule has 0 bridgehead atoms. The average molecular weight is 294 g/mol. The van der Waals surface area contributed by atoms with Crippen LogP contribution in [0.4, 0.5) is 0 Å². The second-order valence-corrected chi connectivity index (χ2v) is 1.63. The Morgan fingerprint density at radius 3 is 2.00 bits per heavy atom. The van der Waals surface area contributed by atoms with E-state index in [1.54, 1.807) is 39.3 Å². The van der Waals surface area contributed by atoms with Gasteiger partial charge >= 0.3 is 39.1 Å². The number of aliphatic carboxylic acids is 1. The first-order valence-corrected chi connectivity index (χ1v) is 5.14. The summed E-state index contributed by atoms with van der Waals surface area (Å²) in [7, 11) is 3.43. The van der Waals surface area contributed by atoms with E-state index in [-0.39, 0.29) is 6.54 Å². The van der Waals surface area contributed by atoms with Gasteiger partial charge in [-0.25, -0.2) is 0 Å². The summed E-state index contributed by atoms with van der Waals surface area (Å²) in [5.41, 5.74) is 0. The Morgan fingerprint density at radius 2 is 2.00 bits per heavy atom. The van der Waals surface area contributed by atoms with E-state index < -0.39 is 5.97 Å². The molecule has 3 nitrogen and oxygen atoms in total. The van der Waals surface area contributed by atoms with Crippen molar-refractivity contribution in [1.29, 1.82) is 0 Å². The van der Waals surface area contributed by atoms with Crippen LogP contribution in [0, 0.1) is 0 Å². The SMILES string of the molecule is CN(C)CC(=O)O.[Cu][I]. The number of carboxylic acids is 1. The summed E-state index contributed by atoms with van der Waals surface area (Å²) in [5, 5.41) is 8.04. The van der Waals surface area contributed by atoms with E-state index in [1.165, 1.54) is 0 Å². The van der Waals surface area contributed by atoms with Gasteiger partial charge in [-0.05, 0) is 14.1 Å². The zero-order valence-electron chi connectivity index (χ0n) is 5.19. The van der Waals surface area contributed by atoms with Crippen molar-refractivity contribution in [2.24, 2.45) is 0 Å². The first kappa shape index (κ1) is 12.4. The van der Waals surface area contributed by atoms with Crippen molar-refractivity contribution in [3.63, 3.8) is 0 Å². The van der Waals surface area contributed by atoms with Crippen LogP contribution in [0.25, 0.3) is 0 Å². The number of rotatable bonds is 2. The van der Waals surface area contributed by atoms with Crippen LogP contribution in [0.15, 0.2) is 0 Å². The Morgan fingerprint density at radius 1 is 1.67 bits per heavy atom. The Balaban J connectivity index is 0. The predicted molar refractivity (Wildman–Crippen MR) is 40.2 cm³/mol. The van der Waals surface area contributed by atoms with Gasteiger partial charge in [0, 0.05) is 0 Å². The van der Waals surface area contributed by atoms with E-state index in [9.17, 15) is 4.79 Å². The summed E-state index contributed by atoms with van der Waals surface area (Å²) in [5.74, 6) is -0.787. The van der Waals surface area contributed by atoms with Gasteiger partial charge < -0.3 is 5.11 Å². The summed E-state index contributed by atoms with van der Waals surface area (Å²) >= 11 is 5.87. The Labute approximate surface area is 74.4 Å². The van der Waals surface area contributed by atoms with Crippen LogP contribution >= 0.6 is 20.3 Å². The number of halogens is 1. The molecule has 1 N–H and O–H groups in total. The summed E-state index contributed by atoms with van der Waals surface area (Å²) in [6.45, 7) is 0.111. The van der Waals surface area contributed by atoms with Crippen molar-refractivity contribution in [2.75, 3.05) is 20.6 Å². The van der Waals surface area contributed by atoms with E-state index in [0.717, 1.165) is 0 Å². The van der Waals surface area contributed by atoms with E-state index in [1.807, 2.05) is 0 Å². The molecule has 0 fully saturated rings. The number of hydrogen-bond acceptors (Lipinski definition) is 2. The van der Waals surface area contributed by atoms with Crippen LogP contribution in [-0.4, -0.2) is 36.6 Å². The predicted octanol–water partition coefficient (Wildman–Crippen LogP) is 0.516. The van der Waals surface area contributed by atoms with E-state index in [4.69, 9.17) is 5.11 Å². The molecule has 0 aromatic rings. The average Bonchev–Trinajstić information content (AvgIpc) is 1.68. The summed E-state index contributed by atoms with van der Waals surface area (Å²) in [6.07, 6.45) is 0. The van der Waals surface area contributed by atoms with Gasteiger partial charge in [0.2, 0.25) is 0 Å². The van der Waals surface area contributed by atoms with Crippen molar-refractivity contribution in [1.82, 2.24) is 4.90 Å². The fraction of sp³-hybridized carbons (Fsp3) is 0.750. The fourth-order valence-corrected chi connectivity index (χ4v) is 0.271. The molecular formula is C4H9CuINO2. The molecule has 0 saturated carbocycles. The quantitative estimate of drug-likeness (QED) is 0.596. The Hall–Kier alpha value is 0.679. The number of nitrogens with zero attached hydrogens (tertiary/aromatic N) is 1. The van der Waals surface area contributed by atoms with E-state index in [2.05, 4.69) is 12.8 Å². The first-order valence-electron chi connectivity index (χ1n) is 2.11. The van der Waals surface area contributed by atoms with Gasteiger partial charge in [0.15, 0.2) is 0 Å². The molecule has 9 heavy (non-hydrogen) atoms. The van der Waals surface area contributed by atoms with Crippen molar-refractivity contribution >= 4 is 26.3 Å². The molecule has 0 aliphatic heterocycles. The summed E-state index contributed by atoms with van der Waals surface area (Å²) in [4.78, 5) is 11.4. The van der Waals surface area contributed by atoms with Crippen LogP contribution in [-0.2, 0) is 17.6 Å². The van der Waals surface area contributed by atoms with Crippen LogP contribution in [0.1, 0.15) is 0 Å². The zero-order chi connectivity index (χ0) is 7.86. The van der Waals surface area contributed by atoms with E-state index in [0.29, 0.717) is 0 Å². The molecule has 0 aliphatic rings. The molecule has 0 aromatic heterocycles. The minimum absolute atomic E-state index is 0.111. The maximum absolute atomic E-state index is 9.77. The van der Waals surface area contributed by atoms with Gasteiger partial charge in [0.1, 0.15) is 0 Å². The van der Waals surface area contributed by atoms with Crippen LogP contribution in [0.2, 0.25) is 0 Å². The molecule has 0 spiro atoms. The molecule has 0 unspecified atom stereocenters. The van der Waals surface area contributed by atoms with Crippen molar-refractivity contribution < 1.29 is 22.7 Å². The molecule has 0 amide bonds. The Kier molecular flexibility index (Phi) is 11.9.